The molecular weight excluding hydrogens is 593 g/mol. The Balaban J connectivity index is 1.42. The Morgan fingerprint density at radius 3 is 1.63 bits per heavy atom. The average molecular weight is 645 g/mol. The van der Waals surface area contributed by atoms with Crippen LogP contribution in [0.25, 0.3) is 98.8 Å². The topological polar surface area (TPSA) is 13.1 Å². The van der Waals surface area contributed by atoms with Gasteiger partial charge in [-0.2, -0.15) is 0 Å². The molecule has 0 N–H and O–H groups in total. The predicted molar refractivity (Wildman–Crippen MR) is 208 cm³/mol. The third kappa shape index (κ3) is 4.40. The van der Waals surface area contributed by atoms with Gasteiger partial charge in [0.25, 0.3) is 0 Å². The molecule has 0 bridgehead atoms. The average Bonchev–Trinajstić information content (AvgIpc) is 3.76. The van der Waals surface area contributed by atoms with Crippen molar-refractivity contribution >= 4 is 54.3 Å². The van der Waals surface area contributed by atoms with Crippen molar-refractivity contribution in [1.82, 2.24) is 0 Å². The van der Waals surface area contributed by atoms with Crippen LogP contribution in [-0.2, 0) is 0 Å². The Kier molecular flexibility index (Phi) is 3.07. The monoisotopic (exact) mass is 644 g/mol. The van der Waals surface area contributed by atoms with E-state index in [0.717, 1.165) is 0 Å². The highest BCUT2D eigenvalue weighted by Gasteiger charge is 2.21. The van der Waals surface area contributed by atoms with E-state index in [4.69, 9.17) is 25.0 Å². The van der Waals surface area contributed by atoms with Crippen LogP contribution in [0.5, 0.6) is 0 Å². The van der Waals surface area contributed by atoms with Gasteiger partial charge in [-0.1, -0.05) is 151 Å². The molecule has 0 unspecified atom stereocenters. The maximum absolute atomic E-state index is 9.95. The van der Waals surface area contributed by atoms with Gasteiger partial charge in [0.2, 0.25) is 0 Å². The minimum atomic E-state index is -0.774. The van der Waals surface area contributed by atoms with E-state index in [2.05, 4.69) is 0 Å². The third-order valence-electron chi connectivity index (χ3n) is 8.44. The van der Waals surface area contributed by atoms with Crippen LogP contribution in [-0.4, -0.2) is 0 Å². The summed E-state index contributed by atoms with van der Waals surface area (Å²) in [4.78, 5) is 0. The van der Waals surface area contributed by atoms with E-state index in [1.807, 2.05) is 0 Å². The fourth-order valence-electron chi connectivity index (χ4n) is 6.43. The molecule has 0 aliphatic carbocycles. The van der Waals surface area contributed by atoms with Gasteiger partial charge in [0.05, 0.1) is 30.2 Å². The smallest absolute Gasteiger partial charge is 0.136 e. The summed E-state index contributed by atoms with van der Waals surface area (Å²) in [6, 6.07) is -2.58. The zero-order valence-corrected chi connectivity index (χ0v) is 25.0. The number of furan rings is 1. The molecule has 0 saturated heterocycles. The largest absolute Gasteiger partial charge is 0.456 e. The van der Waals surface area contributed by atoms with Gasteiger partial charge in [-0.05, 0) is 107 Å². The Morgan fingerprint density at radius 1 is 0.367 bits per heavy atom. The highest BCUT2D eigenvalue weighted by Crippen LogP contribution is 2.48. The van der Waals surface area contributed by atoms with Crippen LogP contribution < -0.4 is 0 Å². The van der Waals surface area contributed by atoms with Crippen molar-refractivity contribution in [3.05, 3.63) is 181 Å². The van der Waals surface area contributed by atoms with Crippen molar-refractivity contribution in [3.63, 3.8) is 0 Å². The number of rotatable bonds is 4. The molecule has 0 atom stereocenters. The fraction of sp³-hybridized carbons (Fsp3) is 0. The quantitative estimate of drug-likeness (QED) is 0.174. The second-order valence-electron chi connectivity index (χ2n) is 11.1. The Labute approximate surface area is 315 Å². The lowest BCUT2D eigenvalue weighted by atomic mass is 9.83. The molecule has 0 fully saturated rings. The molecule has 10 aromatic rings. The lowest BCUT2D eigenvalue weighted by Gasteiger charge is -2.20. The lowest BCUT2D eigenvalue weighted by molar-refractivity contribution is 0.669. The van der Waals surface area contributed by atoms with Crippen LogP contribution in [0, 0.1) is 0 Å². The minimum Gasteiger partial charge on any atom is -0.456 e. The molecule has 1 nitrogen and oxygen atoms in total. The second-order valence-corrected chi connectivity index (χ2v) is 11.1. The third-order valence-corrected chi connectivity index (χ3v) is 8.44. The second kappa shape index (κ2) is 11.1. The van der Waals surface area contributed by atoms with Crippen molar-refractivity contribution in [1.29, 1.82) is 0 Å². The molecule has 0 radical (unpaired) electrons. The minimum absolute atomic E-state index is 0.110. The van der Waals surface area contributed by atoms with Crippen LogP contribution in [0.2, 0.25) is 0 Å². The van der Waals surface area contributed by atoms with Crippen LogP contribution in [0.1, 0.15) is 30.2 Å². The first kappa shape index (κ1) is 13.6. The maximum atomic E-state index is 9.95. The number of benzene rings is 9. The molecule has 228 valence electrons. The van der Waals surface area contributed by atoms with Crippen LogP contribution in [0.4, 0.5) is 0 Å². The first-order valence-electron chi connectivity index (χ1n) is 26.1. The number of hydrogen-bond acceptors (Lipinski definition) is 1. The van der Waals surface area contributed by atoms with Gasteiger partial charge < -0.3 is 4.42 Å². The van der Waals surface area contributed by atoms with Crippen molar-refractivity contribution in [2.75, 3.05) is 0 Å². The summed E-state index contributed by atoms with van der Waals surface area (Å²) in [6.07, 6.45) is 0. The molecular formula is C48H30O. The zero-order valence-electron chi connectivity index (χ0n) is 47.0. The van der Waals surface area contributed by atoms with Crippen LogP contribution >= 0.6 is 0 Å². The highest BCUT2D eigenvalue weighted by atomic mass is 16.3. The lowest BCUT2D eigenvalue weighted by Crippen LogP contribution is -1.93. The zero-order chi connectivity index (χ0) is 51.5. The van der Waals surface area contributed by atoms with Crippen molar-refractivity contribution in [3.8, 4) is 44.5 Å². The molecule has 1 aromatic heterocycles. The van der Waals surface area contributed by atoms with E-state index < -0.39 is 166 Å². The molecule has 49 heavy (non-hydrogen) atoms. The van der Waals surface area contributed by atoms with Gasteiger partial charge in [-0.15, -0.1) is 0 Å². The number of hydrogen-bond donors (Lipinski definition) is 0. The van der Waals surface area contributed by atoms with Crippen LogP contribution in [0.15, 0.2) is 186 Å². The first-order valence-corrected chi connectivity index (χ1v) is 15.1. The summed E-state index contributed by atoms with van der Waals surface area (Å²) < 4.78 is 202. The Hall–Kier alpha value is -6.44. The molecule has 1 heteroatoms. The molecule has 0 saturated carbocycles. The molecule has 0 spiro atoms. The Morgan fingerprint density at radius 2 is 0.959 bits per heavy atom. The number of fused-ring (bicyclic) bond motifs is 6. The van der Waals surface area contributed by atoms with E-state index >= 15 is 0 Å². The Bertz CT molecular complexity index is 4030. The normalized spacial score (nSPS) is 18.0. The van der Waals surface area contributed by atoms with Crippen molar-refractivity contribution < 1.29 is 34.6 Å². The standard InChI is InChI=1S/C48H30O/c1-3-14-31(15-4-1)33-26-27-41-45(30-33)49-44-25-13-24-42(48(41)44)46-37-20-9-11-22-39(37)47(40-23-12-10-21-38(40)46)43-29-35(32-16-5-2-6-17-32)28-34-18-7-8-19-36(34)43/h1-30H/i1D,2D,3D,4D,5D,6D,7D,8D,13D,14D,15D,16D,17D,18D,19D,24D,25D,26D,27D,28D,29D,30D. The van der Waals surface area contributed by atoms with Gasteiger partial charge in [-0.3, -0.25) is 0 Å². The van der Waals surface area contributed by atoms with Gasteiger partial charge >= 0.3 is 0 Å². The van der Waals surface area contributed by atoms with Crippen molar-refractivity contribution in [2.24, 2.45) is 0 Å². The summed E-state index contributed by atoms with van der Waals surface area (Å²) in [6.45, 7) is 0. The van der Waals surface area contributed by atoms with E-state index in [1.165, 1.54) is 0 Å². The SMILES string of the molecule is [2H]c1c([2H])c([2H])c(-c2c([2H])c([2H])c3c(oc4c([2H])c([2H])c([2H])c(-c5c6ccccc6c(-c6c([2H])c(-c7c([2H])c([2H])c([2H])c([2H])c7[2H])c([2H])c7c([2H])c([2H])c([2H])c([2H])c67)c6ccccc56)c43)c2[2H])c([2H])c1[2H]. The fourth-order valence-corrected chi connectivity index (χ4v) is 6.43. The molecule has 9 aromatic carbocycles. The molecule has 0 aliphatic heterocycles. The summed E-state index contributed by atoms with van der Waals surface area (Å²) in [5.74, 6) is 0. The van der Waals surface area contributed by atoms with Gasteiger partial charge in [-0.25, -0.2) is 0 Å². The first-order chi connectivity index (χ1) is 33.5. The van der Waals surface area contributed by atoms with E-state index in [1.54, 1.807) is 48.5 Å². The molecule has 1 heterocycles. The maximum Gasteiger partial charge on any atom is 0.136 e. The van der Waals surface area contributed by atoms with Gasteiger partial charge in [0.1, 0.15) is 11.2 Å². The molecule has 10 rings (SSSR count). The van der Waals surface area contributed by atoms with E-state index in [9.17, 15) is 9.60 Å². The summed E-state index contributed by atoms with van der Waals surface area (Å²) in [7, 11) is 0. The molecule has 0 aliphatic rings. The highest BCUT2D eigenvalue weighted by molar-refractivity contribution is 6.27. The summed E-state index contributed by atoms with van der Waals surface area (Å²) in [5.41, 5.74) is -2.96. The van der Waals surface area contributed by atoms with Gasteiger partial charge in [0.15, 0.2) is 0 Å². The summed E-state index contributed by atoms with van der Waals surface area (Å²) >= 11 is 0. The summed E-state index contributed by atoms with van der Waals surface area (Å²) in [5, 5.41) is -0.0970. The van der Waals surface area contributed by atoms with Gasteiger partial charge in [0, 0.05) is 10.8 Å². The van der Waals surface area contributed by atoms with E-state index in [0.29, 0.717) is 0 Å². The van der Waals surface area contributed by atoms with E-state index in [-0.39, 0.29) is 65.5 Å². The van der Waals surface area contributed by atoms with Crippen molar-refractivity contribution in [2.45, 2.75) is 0 Å². The predicted octanol–water partition coefficient (Wildman–Crippen LogP) is 13.7. The van der Waals surface area contributed by atoms with Crippen LogP contribution in [0.3, 0.4) is 0 Å². The molecule has 0 amide bonds.